The SMILES string of the molecule is CN1CC[C@@H](C#N)[C@@H](F)C1. The second-order valence-corrected chi connectivity index (χ2v) is 2.80. The van der Waals surface area contributed by atoms with Crippen molar-refractivity contribution in [2.24, 2.45) is 5.92 Å². The molecule has 1 fully saturated rings. The number of nitrogens with zero attached hydrogens (tertiary/aromatic N) is 2. The zero-order valence-electron chi connectivity index (χ0n) is 6.05. The Hall–Kier alpha value is -0.620. The first-order valence-corrected chi connectivity index (χ1v) is 3.46. The van der Waals surface area contributed by atoms with Gasteiger partial charge < -0.3 is 4.90 Å². The summed E-state index contributed by atoms with van der Waals surface area (Å²) in [4.78, 5) is 1.92. The summed E-state index contributed by atoms with van der Waals surface area (Å²) in [6.45, 7) is 1.26. The summed E-state index contributed by atoms with van der Waals surface area (Å²) >= 11 is 0. The molecule has 0 amide bonds. The Bertz CT molecular complexity index is 152. The normalized spacial score (nSPS) is 35.3. The van der Waals surface area contributed by atoms with Crippen LogP contribution in [0.15, 0.2) is 0 Å². The topological polar surface area (TPSA) is 27.0 Å². The molecular formula is C7H11FN2. The average Bonchev–Trinajstić information content (AvgIpc) is 1.88. The Labute approximate surface area is 60.2 Å². The van der Waals surface area contributed by atoms with Crippen LogP contribution in [0.3, 0.4) is 0 Å². The van der Waals surface area contributed by atoms with E-state index in [-0.39, 0.29) is 5.92 Å². The molecular weight excluding hydrogens is 131 g/mol. The minimum Gasteiger partial charge on any atom is -0.303 e. The number of nitriles is 1. The standard InChI is InChI=1S/C7H11FN2/c1-10-3-2-6(4-9)7(8)5-10/h6-7H,2-3,5H2,1H3/t6-,7-/m0/s1. The van der Waals surface area contributed by atoms with Crippen LogP contribution in [0.1, 0.15) is 6.42 Å². The number of rotatable bonds is 0. The monoisotopic (exact) mass is 142 g/mol. The van der Waals surface area contributed by atoms with E-state index in [2.05, 4.69) is 0 Å². The van der Waals surface area contributed by atoms with Gasteiger partial charge in [0, 0.05) is 6.54 Å². The molecule has 0 saturated carbocycles. The van der Waals surface area contributed by atoms with Crippen LogP contribution >= 0.6 is 0 Å². The molecule has 0 aromatic carbocycles. The maximum Gasteiger partial charge on any atom is 0.128 e. The van der Waals surface area contributed by atoms with E-state index in [0.717, 1.165) is 6.54 Å². The minimum absolute atomic E-state index is 0.365. The van der Waals surface area contributed by atoms with Gasteiger partial charge in [0.05, 0.1) is 12.0 Å². The van der Waals surface area contributed by atoms with Crippen molar-refractivity contribution in [3.8, 4) is 6.07 Å². The van der Waals surface area contributed by atoms with E-state index in [1.807, 2.05) is 18.0 Å². The van der Waals surface area contributed by atoms with Gasteiger partial charge in [-0.25, -0.2) is 4.39 Å². The molecule has 0 unspecified atom stereocenters. The third-order valence-electron chi connectivity index (χ3n) is 1.91. The Kier molecular flexibility index (Phi) is 2.23. The van der Waals surface area contributed by atoms with E-state index >= 15 is 0 Å². The quantitative estimate of drug-likeness (QED) is 0.500. The van der Waals surface area contributed by atoms with Gasteiger partial charge in [-0.3, -0.25) is 0 Å². The maximum atomic E-state index is 12.8. The lowest BCUT2D eigenvalue weighted by atomic mass is 9.97. The van der Waals surface area contributed by atoms with E-state index in [1.165, 1.54) is 0 Å². The molecule has 1 heterocycles. The number of hydrogen-bond acceptors (Lipinski definition) is 2. The second kappa shape index (κ2) is 2.98. The predicted octanol–water partition coefficient (Wildman–Crippen LogP) is 0.800. The number of piperidine rings is 1. The fourth-order valence-corrected chi connectivity index (χ4v) is 1.20. The summed E-state index contributed by atoms with van der Waals surface area (Å²) in [7, 11) is 1.88. The Morgan fingerprint density at radius 2 is 2.40 bits per heavy atom. The highest BCUT2D eigenvalue weighted by Crippen LogP contribution is 2.18. The minimum atomic E-state index is -0.941. The summed E-state index contributed by atoms with van der Waals surface area (Å²) in [5, 5.41) is 8.44. The molecule has 10 heavy (non-hydrogen) atoms. The molecule has 2 atom stereocenters. The summed E-state index contributed by atoms with van der Waals surface area (Å²) in [5.74, 6) is -0.365. The molecule has 0 aromatic heterocycles. The van der Waals surface area contributed by atoms with Crippen molar-refractivity contribution < 1.29 is 4.39 Å². The summed E-state index contributed by atoms with van der Waals surface area (Å²) in [6, 6.07) is 1.97. The molecule has 1 saturated heterocycles. The predicted molar refractivity (Wildman–Crippen MR) is 36.1 cm³/mol. The molecule has 0 N–H and O–H groups in total. The first kappa shape index (κ1) is 7.49. The number of hydrogen-bond donors (Lipinski definition) is 0. The molecule has 0 aliphatic carbocycles. The van der Waals surface area contributed by atoms with Crippen molar-refractivity contribution in [1.29, 1.82) is 5.26 Å². The fraction of sp³-hybridized carbons (Fsp3) is 0.857. The van der Waals surface area contributed by atoms with Gasteiger partial charge in [0.2, 0.25) is 0 Å². The van der Waals surface area contributed by atoms with Gasteiger partial charge in [-0.05, 0) is 20.0 Å². The molecule has 3 heteroatoms. The fourth-order valence-electron chi connectivity index (χ4n) is 1.20. The average molecular weight is 142 g/mol. The summed E-state index contributed by atoms with van der Waals surface area (Å²) < 4.78 is 12.8. The molecule has 0 aromatic rings. The second-order valence-electron chi connectivity index (χ2n) is 2.80. The highest BCUT2D eigenvalue weighted by atomic mass is 19.1. The number of alkyl halides is 1. The van der Waals surface area contributed by atoms with Crippen LogP contribution in [-0.4, -0.2) is 31.2 Å². The Morgan fingerprint density at radius 3 is 2.90 bits per heavy atom. The smallest absolute Gasteiger partial charge is 0.128 e. The van der Waals surface area contributed by atoms with E-state index in [9.17, 15) is 4.39 Å². The zero-order chi connectivity index (χ0) is 7.56. The van der Waals surface area contributed by atoms with Crippen molar-refractivity contribution in [1.82, 2.24) is 4.90 Å². The zero-order valence-corrected chi connectivity index (χ0v) is 6.05. The van der Waals surface area contributed by atoms with E-state index < -0.39 is 6.17 Å². The Morgan fingerprint density at radius 1 is 1.70 bits per heavy atom. The highest BCUT2D eigenvalue weighted by molar-refractivity contribution is 4.92. The first-order chi connectivity index (χ1) is 4.74. The molecule has 0 bridgehead atoms. The van der Waals surface area contributed by atoms with Gasteiger partial charge in [0.1, 0.15) is 6.17 Å². The third-order valence-corrected chi connectivity index (χ3v) is 1.91. The van der Waals surface area contributed by atoms with Gasteiger partial charge in [0.15, 0.2) is 0 Å². The van der Waals surface area contributed by atoms with Crippen LogP contribution in [0.4, 0.5) is 4.39 Å². The lowest BCUT2D eigenvalue weighted by Crippen LogP contribution is -2.38. The van der Waals surface area contributed by atoms with Gasteiger partial charge in [-0.1, -0.05) is 0 Å². The maximum absolute atomic E-state index is 12.8. The lowest BCUT2D eigenvalue weighted by Gasteiger charge is -2.28. The Balaban J connectivity index is 2.45. The molecule has 1 rings (SSSR count). The van der Waals surface area contributed by atoms with Crippen LogP contribution in [-0.2, 0) is 0 Å². The molecule has 0 radical (unpaired) electrons. The number of halogens is 1. The van der Waals surface area contributed by atoms with E-state index in [0.29, 0.717) is 13.0 Å². The van der Waals surface area contributed by atoms with Crippen molar-refractivity contribution in [2.75, 3.05) is 20.1 Å². The van der Waals surface area contributed by atoms with Gasteiger partial charge in [0.25, 0.3) is 0 Å². The van der Waals surface area contributed by atoms with Gasteiger partial charge >= 0.3 is 0 Å². The highest BCUT2D eigenvalue weighted by Gasteiger charge is 2.26. The van der Waals surface area contributed by atoms with Crippen molar-refractivity contribution in [3.05, 3.63) is 0 Å². The summed E-state index contributed by atoms with van der Waals surface area (Å²) in [5.41, 5.74) is 0. The van der Waals surface area contributed by atoms with E-state index in [4.69, 9.17) is 5.26 Å². The van der Waals surface area contributed by atoms with Crippen molar-refractivity contribution in [2.45, 2.75) is 12.6 Å². The van der Waals surface area contributed by atoms with Gasteiger partial charge in [-0.15, -0.1) is 0 Å². The molecule has 1 aliphatic rings. The molecule has 2 nitrogen and oxygen atoms in total. The third kappa shape index (κ3) is 1.45. The van der Waals surface area contributed by atoms with Crippen LogP contribution in [0.2, 0.25) is 0 Å². The number of likely N-dealkylation sites (tertiary alicyclic amines) is 1. The van der Waals surface area contributed by atoms with Gasteiger partial charge in [-0.2, -0.15) is 5.26 Å². The van der Waals surface area contributed by atoms with Crippen molar-refractivity contribution in [3.63, 3.8) is 0 Å². The largest absolute Gasteiger partial charge is 0.303 e. The molecule has 56 valence electrons. The van der Waals surface area contributed by atoms with Crippen LogP contribution < -0.4 is 0 Å². The van der Waals surface area contributed by atoms with E-state index in [1.54, 1.807) is 0 Å². The van der Waals surface area contributed by atoms with Crippen LogP contribution in [0.5, 0.6) is 0 Å². The molecule has 0 spiro atoms. The van der Waals surface area contributed by atoms with Crippen LogP contribution in [0, 0.1) is 17.2 Å². The van der Waals surface area contributed by atoms with Crippen molar-refractivity contribution >= 4 is 0 Å². The van der Waals surface area contributed by atoms with Crippen LogP contribution in [0.25, 0.3) is 0 Å². The first-order valence-electron chi connectivity index (χ1n) is 3.46. The summed E-state index contributed by atoms with van der Waals surface area (Å²) in [6.07, 6.45) is -0.266. The lowest BCUT2D eigenvalue weighted by molar-refractivity contribution is 0.129. The molecule has 1 aliphatic heterocycles.